The van der Waals surface area contributed by atoms with E-state index in [-0.39, 0.29) is 24.5 Å². The van der Waals surface area contributed by atoms with E-state index < -0.39 is 6.04 Å². The highest BCUT2D eigenvalue weighted by Gasteiger charge is 2.25. The molecule has 1 aromatic heterocycles. The molecule has 0 fully saturated rings. The molecule has 0 radical (unpaired) electrons. The molecule has 0 aromatic carbocycles. The summed E-state index contributed by atoms with van der Waals surface area (Å²) < 4.78 is 5.20. The van der Waals surface area contributed by atoms with Crippen molar-refractivity contribution in [3.63, 3.8) is 0 Å². The highest BCUT2D eigenvalue weighted by molar-refractivity contribution is 7.09. The Balaban J connectivity index is 2.64. The Hall–Kier alpha value is -1.80. The van der Waals surface area contributed by atoms with Gasteiger partial charge in [0, 0.05) is 24.8 Å². The molecular weight excluding hydrogens is 354 g/mol. The molecule has 0 spiro atoms. The van der Waals surface area contributed by atoms with Crippen LogP contribution in [0.15, 0.2) is 5.38 Å². The van der Waals surface area contributed by atoms with Crippen LogP contribution in [0.1, 0.15) is 62.0 Å². The van der Waals surface area contributed by atoms with Gasteiger partial charge in [-0.1, -0.05) is 27.2 Å². The Morgan fingerprint density at radius 3 is 2.73 bits per heavy atom. The monoisotopic (exact) mass is 383 g/mol. The van der Waals surface area contributed by atoms with Crippen LogP contribution in [0.5, 0.6) is 0 Å². The first-order valence-corrected chi connectivity index (χ1v) is 9.90. The number of hydrogen-bond donors (Lipinski definition) is 1. The summed E-state index contributed by atoms with van der Waals surface area (Å²) in [6.07, 6.45) is 3.83. The number of aromatic nitrogens is 1. The Bertz CT molecular complexity index is 591. The van der Waals surface area contributed by atoms with E-state index in [4.69, 9.17) is 10.5 Å². The van der Waals surface area contributed by atoms with Crippen molar-refractivity contribution < 1.29 is 19.1 Å². The van der Waals surface area contributed by atoms with Crippen molar-refractivity contribution in [3.8, 4) is 0 Å². The van der Waals surface area contributed by atoms with Gasteiger partial charge in [-0.15, -0.1) is 11.3 Å². The molecule has 0 aliphatic heterocycles. The zero-order chi connectivity index (χ0) is 19.5. The van der Waals surface area contributed by atoms with Gasteiger partial charge in [0.05, 0.1) is 11.0 Å². The molecule has 0 aliphatic rings. The number of aldehydes is 1. The number of esters is 1. The maximum Gasteiger partial charge on any atom is 0.307 e. The van der Waals surface area contributed by atoms with E-state index >= 15 is 0 Å². The predicted octanol–water partition coefficient (Wildman–Crippen LogP) is 2.39. The Morgan fingerprint density at radius 2 is 2.15 bits per heavy atom. The molecule has 1 aromatic rings. The van der Waals surface area contributed by atoms with Crippen LogP contribution in [0.2, 0.25) is 0 Å². The summed E-state index contributed by atoms with van der Waals surface area (Å²) in [5, 5.41) is 2.55. The van der Waals surface area contributed by atoms with Gasteiger partial charge in [-0.05, 0) is 18.8 Å². The van der Waals surface area contributed by atoms with Gasteiger partial charge >= 0.3 is 5.97 Å². The minimum absolute atomic E-state index is 0.0467. The number of ether oxygens (including phenoxy) is 1. The quantitative estimate of drug-likeness (QED) is 0.338. The summed E-state index contributed by atoms with van der Waals surface area (Å²) in [6, 6.07) is -0.619. The second-order valence-corrected chi connectivity index (χ2v) is 7.24. The van der Waals surface area contributed by atoms with Crippen LogP contribution in [-0.4, -0.2) is 47.4 Å². The second-order valence-electron chi connectivity index (χ2n) is 6.30. The lowest BCUT2D eigenvalue weighted by Gasteiger charge is -2.27. The van der Waals surface area contributed by atoms with Crippen LogP contribution >= 0.6 is 11.3 Å². The number of hydrogen-bond acceptors (Lipinski definition) is 7. The zero-order valence-electron chi connectivity index (χ0n) is 15.8. The molecule has 0 bridgehead atoms. The first kappa shape index (κ1) is 22.2. The lowest BCUT2D eigenvalue weighted by molar-refractivity contribution is -0.154. The average molecular weight is 384 g/mol. The maximum atomic E-state index is 12.7. The number of rotatable bonds is 12. The van der Waals surface area contributed by atoms with Gasteiger partial charge in [0.25, 0.3) is 0 Å². The molecule has 1 heterocycles. The third kappa shape index (κ3) is 7.21. The molecular formula is C18H29N3O4S. The normalized spacial score (nSPS) is 13.1. The highest BCUT2D eigenvalue weighted by Crippen LogP contribution is 2.13. The summed E-state index contributed by atoms with van der Waals surface area (Å²) in [4.78, 5) is 40.7. The summed E-state index contributed by atoms with van der Waals surface area (Å²) in [5.74, 6) is -0.486. The van der Waals surface area contributed by atoms with Crippen LogP contribution in [0.25, 0.3) is 0 Å². The third-order valence-electron chi connectivity index (χ3n) is 4.20. The van der Waals surface area contributed by atoms with Gasteiger partial charge in [-0.3, -0.25) is 14.4 Å². The molecule has 7 nitrogen and oxygen atoms in total. The molecule has 1 rings (SSSR count). The topological polar surface area (TPSA) is 103 Å². The highest BCUT2D eigenvalue weighted by atomic mass is 32.1. The molecule has 8 heteroatoms. The van der Waals surface area contributed by atoms with Crippen LogP contribution in [-0.2, 0) is 20.7 Å². The molecule has 2 N–H and O–H groups in total. The van der Waals surface area contributed by atoms with Gasteiger partial charge in [0.15, 0.2) is 13.0 Å². The summed E-state index contributed by atoms with van der Waals surface area (Å²) in [7, 11) is 0. The fourth-order valence-electron chi connectivity index (χ4n) is 2.29. The van der Waals surface area contributed by atoms with Crippen molar-refractivity contribution in [2.75, 3.05) is 13.3 Å². The Labute approximate surface area is 158 Å². The van der Waals surface area contributed by atoms with Crippen molar-refractivity contribution in [1.29, 1.82) is 0 Å². The molecule has 146 valence electrons. The second kappa shape index (κ2) is 11.7. The predicted molar refractivity (Wildman–Crippen MR) is 101 cm³/mol. The standard InChI is InChI=1S/C18H29N3O4S/c1-4-7-16(23)25-12-21(18(24)17(19)13(3)5-2)9-6-8-15-20-14(10-22)11-26-15/h10-11,13,17H,4-9,12,19H2,1-3H3/t13?,17-/m0/s1. The first-order chi connectivity index (χ1) is 12.4. The fourth-order valence-corrected chi connectivity index (χ4v) is 3.07. The molecule has 1 amide bonds. The van der Waals surface area contributed by atoms with Crippen molar-refractivity contribution in [2.24, 2.45) is 11.7 Å². The molecule has 0 saturated carbocycles. The minimum Gasteiger partial charge on any atom is -0.444 e. The summed E-state index contributed by atoms with van der Waals surface area (Å²) in [5.41, 5.74) is 6.48. The average Bonchev–Trinajstić information content (AvgIpc) is 3.10. The number of carbonyl (C=O) groups excluding carboxylic acids is 3. The van der Waals surface area contributed by atoms with Gasteiger partial charge in [0.2, 0.25) is 5.91 Å². The van der Waals surface area contributed by atoms with Gasteiger partial charge in [-0.2, -0.15) is 0 Å². The summed E-state index contributed by atoms with van der Waals surface area (Å²) in [6.45, 7) is 6.14. The number of nitrogens with zero attached hydrogens (tertiary/aromatic N) is 2. The Morgan fingerprint density at radius 1 is 1.42 bits per heavy atom. The van der Waals surface area contributed by atoms with Crippen LogP contribution in [0, 0.1) is 5.92 Å². The van der Waals surface area contributed by atoms with Crippen molar-refractivity contribution in [3.05, 3.63) is 16.1 Å². The van der Waals surface area contributed by atoms with E-state index in [9.17, 15) is 14.4 Å². The molecule has 26 heavy (non-hydrogen) atoms. The van der Waals surface area contributed by atoms with Gasteiger partial charge in [0.1, 0.15) is 5.69 Å². The maximum absolute atomic E-state index is 12.7. The SMILES string of the molecule is CCCC(=O)OCN(CCCc1nc(C=O)cs1)C(=O)[C@@H](N)C(C)CC. The molecule has 0 aliphatic carbocycles. The van der Waals surface area contributed by atoms with Crippen molar-refractivity contribution >= 4 is 29.5 Å². The number of aryl methyl sites for hydroxylation is 1. The van der Waals surface area contributed by atoms with Crippen molar-refractivity contribution in [1.82, 2.24) is 9.88 Å². The zero-order valence-corrected chi connectivity index (χ0v) is 16.6. The Kier molecular flexibility index (Phi) is 10.0. The van der Waals surface area contributed by atoms with E-state index in [1.807, 2.05) is 20.8 Å². The fraction of sp³-hybridized carbons (Fsp3) is 0.667. The number of carbonyl (C=O) groups is 3. The van der Waals surface area contributed by atoms with E-state index in [1.54, 1.807) is 5.38 Å². The third-order valence-corrected chi connectivity index (χ3v) is 5.13. The van der Waals surface area contributed by atoms with E-state index in [1.165, 1.54) is 16.2 Å². The lowest BCUT2D eigenvalue weighted by Crippen LogP contribution is -2.48. The van der Waals surface area contributed by atoms with E-state index in [0.717, 1.165) is 11.4 Å². The van der Waals surface area contributed by atoms with Crippen molar-refractivity contribution in [2.45, 2.75) is 58.9 Å². The largest absolute Gasteiger partial charge is 0.444 e. The number of thiazole rings is 1. The van der Waals surface area contributed by atoms with Gasteiger partial charge in [-0.25, -0.2) is 4.98 Å². The molecule has 0 saturated heterocycles. The number of nitrogens with two attached hydrogens (primary N) is 1. The number of amides is 1. The molecule has 1 unspecified atom stereocenters. The van der Waals surface area contributed by atoms with E-state index in [0.29, 0.717) is 44.2 Å². The molecule has 2 atom stereocenters. The van der Waals surface area contributed by atoms with Crippen LogP contribution in [0.4, 0.5) is 0 Å². The smallest absolute Gasteiger partial charge is 0.307 e. The van der Waals surface area contributed by atoms with Crippen LogP contribution in [0.3, 0.4) is 0 Å². The van der Waals surface area contributed by atoms with E-state index in [2.05, 4.69) is 4.98 Å². The van der Waals surface area contributed by atoms with Crippen LogP contribution < -0.4 is 5.73 Å². The summed E-state index contributed by atoms with van der Waals surface area (Å²) >= 11 is 1.42. The minimum atomic E-state index is -0.619. The first-order valence-electron chi connectivity index (χ1n) is 9.02. The van der Waals surface area contributed by atoms with Gasteiger partial charge < -0.3 is 15.4 Å². The lowest BCUT2D eigenvalue weighted by atomic mass is 9.99.